The summed E-state index contributed by atoms with van der Waals surface area (Å²) in [5, 5.41) is 22.2. The number of halogens is 2. The lowest BCUT2D eigenvalue weighted by atomic mass is 10.0. The van der Waals surface area contributed by atoms with E-state index in [-0.39, 0.29) is 6.42 Å². The minimum Gasteiger partial charge on any atom is -0.395 e. The van der Waals surface area contributed by atoms with E-state index in [0.717, 1.165) is 6.07 Å². The van der Waals surface area contributed by atoms with E-state index < -0.39 is 45.4 Å². The van der Waals surface area contributed by atoms with Gasteiger partial charge in [0.1, 0.15) is 5.56 Å². The van der Waals surface area contributed by atoms with E-state index in [0.29, 0.717) is 6.07 Å². The zero-order valence-corrected chi connectivity index (χ0v) is 12.1. The SMILES string of the molecule is CC(C)(CC#N)NC(=O)c1cc2c(cc1[N+](=O)[O-])OC(F)(F)O2. The largest absolute Gasteiger partial charge is 0.586 e. The highest BCUT2D eigenvalue weighted by Crippen LogP contribution is 2.44. The molecule has 0 unspecified atom stereocenters. The molecule has 0 bridgehead atoms. The number of carbonyl (C=O) groups is 1. The van der Waals surface area contributed by atoms with Gasteiger partial charge in [-0.25, -0.2) is 0 Å². The van der Waals surface area contributed by atoms with Crippen LogP contribution in [0.1, 0.15) is 30.6 Å². The molecular weight excluding hydrogens is 316 g/mol. The molecule has 122 valence electrons. The fourth-order valence-electron chi connectivity index (χ4n) is 1.94. The summed E-state index contributed by atoms with van der Waals surface area (Å²) >= 11 is 0. The molecule has 0 saturated carbocycles. The summed E-state index contributed by atoms with van der Waals surface area (Å²) in [5.74, 6) is -1.91. The molecule has 0 atom stereocenters. The molecule has 1 heterocycles. The lowest BCUT2D eigenvalue weighted by Crippen LogP contribution is -2.43. The number of nitrogens with one attached hydrogen (secondary N) is 1. The molecular formula is C13H11F2N3O5. The highest BCUT2D eigenvalue weighted by Gasteiger charge is 2.45. The van der Waals surface area contributed by atoms with Crippen molar-refractivity contribution in [1.29, 1.82) is 5.26 Å². The maximum absolute atomic E-state index is 13.0. The van der Waals surface area contributed by atoms with Crippen LogP contribution in [0.25, 0.3) is 0 Å². The number of amides is 1. The molecule has 0 spiro atoms. The van der Waals surface area contributed by atoms with E-state index in [1.54, 1.807) is 13.8 Å². The van der Waals surface area contributed by atoms with Crippen molar-refractivity contribution in [3.05, 3.63) is 27.8 Å². The summed E-state index contributed by atoms with van der Waals surface area (Å²) in [4.78, 5) is 22.4. The second-order valence-electron chi connectivity index (χ2n) is 5.41. The second-order valence-corrected chi connectivity index (χ2v) is 5.41. The Hall–Kier alpha value is -2.96. The van der Waals surface area contributed by atoms with Gasteiger partial charge in [-0.1, -0.05) is 0 Å². The van der Waals surface area contributed by atoms with Gasteiger partial charge in [-0.05, 0) is 13.8 Å². The number of nitrogens with zero attached hydrogens (tertiary/aromatic N) is 2. The lowest BCUT2D eigenvalue weighted by molar-refractivity contribution is -0.385. The van der Waals surface area contributed by atoms with Crippen LogP contribution in [-0.4, -0.2) is 22.7 Å². The van der Waals surface area contributed by atoms with Gasteiger partial charge in [-0.15, -0.1) is 8.78 Å². The van der Waals surface area contributed by atoms with Crippen LogP contribution in [0.2, 0.25) is 0 Å². The number of hydrogen-bond acceptors (Lipinski definition) is 6. The first-order valence-corrected chi connectivity index (χ1v) is 6.32. The molecule has 0 aromatic heterocycles. The summed E-state index contributed by atoms with van der Waals surface area (Å²) in [5.41, 5.74) is -2.14. The predicted molar refractivity (Wildman–Crippen MR) is 71.1 cm³/mol. The third-order valence-corrected chi connectivity index (χ3v) is 2.93. The summed E-state index contributed by atoms with van der Waals surface area (Å²) in [6, 6.07) is 3.37. The van der Waals surface area contributed by atoms with Crippen molar-refractivity contribution in [3.8, 4) is 17.6 Å². The minimum absolute atomic E-state index is 0.0465. The first-order valence-electron chi connectivity index (χ1n) is 6.32. The fraction of sp³-hybridized carbons (Fsp3) is 0.385. The molecule has 0 aliphatic carbocycles. The van der Waals surface area contributed by atoms with E-state index in [9.17, 15) is 23.7 Å². The Bertz CT molecular complexity index is 727. The molecule has 2 rings (SSSR count). The molecule has 1 amide bonds. The van der Waals surface area contributed by atoms with Gasteiger partial charge >= 0.3 is 6.29 Å². The number of nitriles is 1. The Balaban J connectivity index is 2.41. The Morgan fingerprint density at radius 3 is 2.52 bits per heavy atom. The Morgan fingerprint density at radius 1 is 1.43 bits per heavy atom. The molecule has 1 aromatic carbocycles. The van der Waals surface area contributed by atoms with Gasteiger partial charge < -0.3 is 14.8 Å². The number of ether oxygens (including phenoxy) is 2. The van der Waals surface area contributed by atoms with Crippen molar-refractivity contribution < 1.29 is 28.0 Å². The van der Waals surface area contributed by atoms with E-state index in [1.165, 1.54) is 0 Å². The summed E-state index contributed by atoms with van der Waals surface area (Å²) < 4.78 is 34.4. The Kier molecular flexibility index (Phi) is 3.82. The van der Waals surface area contributed by atoms with Crippen LogP contribution in [0.15, 0.2) is 12.1 Å². The van der Waals surface area contributed by atoms with Crippen molar-refractivity contribution in [1.82, 2.24) is 5.32 Å². The summed E-state index contributed by atoms with van der Waals surface area (Å²) in [6.07, 6.45) is -4.00. The molecule has 0 radical (unpaired) electrons. The molecule has 1 aliphatic rings. The topological polar surface area (TPSA) is 114 Å². The molecule has 1 N–H and O–H groups in total. The third kappa shape index (κ3) is 3.45. The lowest BCUT2D eigenvalue weighted by Gasteiger charge is -2.23. The normalized spacial score (nSPS) is 14.9. The van der Waals surface area contributed by atoms with Gasteiger partial charge in [0.15, 0.2) is 11.5 Å². The molecule has 10 heteroatoms. The van der Waals surface area contributed by atoms with Crippen LogP contribution in [0, 0.1) is 21.4 Å². The standard InChI is InChI=1S/C13H11F2N3O5/c1-12(2,3-4-16)17-11(19)7-5-9-10(6-8(7)18(20)21)23-13(14,15)22-9/h5-6H,3H2,1-2H3,(H,17,19). The zero-order valence-electron chi connectivity index (χ0n) is 12.1. The summed E-state index contributed by atoms with van der Waals surface area (Å²) in [6.45, 7) is 3.09. The molecule has 0 fully saturated rings. The smallest absolute Gasteiger partial charge is 0.395 e. The van der Waals surface area contributed by atoms with Gasteiger partial charge in [-0.2, -0.15) is 5.26 Å². The van der Waals surface area contributed by atoms with Gasteiger partial charge in [0.25, 0.3) is 11.6 Å². The number of hydrogen-bond donors (Lipinski definition) is 1. The minimum atomic E-state index is -3.95. The van der Waals surface area contributed by atoms with E-state index in [2.05, 4.69) is 14.8 Å². The molecule has 1 aliphatic heterocycles. The van der Waals surface area contributed by atoms with Crippen molar-refractivity contribution in [3.63, 3.8) is 0 Å². The average molecular weight is 327 g/mol. The van der Waals surface area contributed by atoms with Crippen LogP contribution < -0.4 is 14.8 Å². The van der Waals surface area contributed by atoms with Crippen LogP contribution in [-0.2, 0) is 0 Å². The highest BCUT2D eigenvalue weighted by molar-refractivity contribution is 5.99. The summed E-state index contributed by atoms with van der Waals surface area (Å²) in [7, 11) is 0. The third-order valence-electron chi connectivity index (χ3n) is 2.93. The van der Waals surface area contributed by atoms with Gasteiger partial charge in [0.2, 0.25) is 0 Å². The highest BCUT2D eigenvalue weighted by atomic mass is 19.3. The number of benzene rings is 1. The van der Waals surface area contributed by atoms with Crippen molar-refractivity contribution in [2.45, 2.75) is 32.1 Å². The predicted octanol–water partition coefficient (Wildman–Crippen LogP) is 2.34. The van der Waals surface area contributed by atoms with Gasteiger partial charge in [0.05, 0.1) is 23.5 Å². The van der Waals surface area contributed by atoms with Crippen LogP contribution in [0.3, 0.4) is 0 Å². The van der Waals surface area contributed by atoms with Crippen molar-refractivity contribution >= 4 is 11.6 Å². The van der Waals surface area contributed by atoms with Crippen LogP contribution >= 0.6 is 0 Å². The van der Waals surface area contributed by atoms with Crippen LogP contribution in [0.5, 0.6) is 11.5 Å². The number of fused-ring (bicyclic) bond motifs is 1. The van der Waals surface area contributed by atoms with E-state index in [4.69, 9.17) is 5.26 Å². The first kappa shape index (κ1) is 16.4. The van der Waals surface area contributed by atoms with Gasteiger partial charge in [0, 0.05) is 11.6 Å². The average Bonchev–Trinajstić information content (AvgIpc) is 2.69. The van der Waals surface area contributed by atoms with Crippen molar-refractivity contribution in [2.24, 2.45) is 0 Å². The number of alkyl halides is 2. The van der Waals surface area contributed by atoms with Gasteiger partial charge in [-0.3, -0.25) is 14.9 Å². The number of nitro benzene ring substituents is 1. The number of carbonyl (C=O) groups excluding carboxylic acids is 1. The van der Waals surface area contributed by atoms with Crippen molar-refractivity contribution in [2.75, 3.05) is 0 Å². The van der Waals surface area contributed by atoms with E-state index in [1.807, 2.05) is 6.07 Å². The number of nitro groups is 1. The zero-order chi connectivity index (χ0) is 17.4. The molecule has 8 nitrogen and oxygen atoms in total. The maximum Gasteiger partial charge on any atom is 0.586 e. The molecule has 0 saturated heterocycles. The Morgan fingerprint density at radius 2 is 2.00 bits per heavy atom. The number of rotatable bonds is 4. The monoisotopic (exact) mass is 327 g/mol. The van der Waals surface area contributed by atoms with Crippen LogP contribution in [0.4, 0.5) is 14.5 Å². The fourth-order valence-corrected chi connectivity index (χ4v) is 1.94. The van der Waals surface area contributed by atoms with E-state index >= 15 is 0 Å². The second kappa shape index (κ2) is 5.35. The Labute approximate surface area is 128 Å². The quantitative estimate of drug-likeness (QED) is 0.670. The molecule has 1 aromatic rings. The maximum atomic E-state index is 13.0. The molecule has 23 heavy (non-hydrogen) atoms. The first-order chi connectivity index (χ1) is 10.5.